The number of anilines is 1. The van der Waals surface area contributed by atoms with E-state index in [4.69, 9.17) is 16.3 Å². The molecule has 0 saturated carbocycles. The zero-order valence-corrected chi connectivity index (χ0v) is 15.4. The molecule has 0 heterocycles. The number of amides is 1. The molecule has 0 bridgehead atoms. The van der Waals surface area contributed by atoms with Crippen LogP contribution in [0.4, 0.5) is 5.69 Å². The molecule has 2 rings (SSSR count). The number of rotatable bonds is 6. The van der Waals surface area contributed by atoms with Gasteiger partial charge in [-0.1, -0.05) is 62.7 Å². The molecule has 0 fully saturated rings. The first-order valence-electron chi connectivity index (χ1n) is 8.25. The Hall–Kier alpha value is -2.00. The highest BCUT2D eigenvalue weighted by Crippen LogP contribution is 2.29. The summed E-state index contributed by atoms with van der Waals surface area (Å²) in [5, 5.41) is 3.55. The zero-order chi connectivity index (χ0) is 17.7. The molecule has 24 heavy (non-hydrogen) atoms. The molecule has 0 aliphatic carbocycles. The second-order valence-electron chi connectivity index (χ2n) is 6.13. The lowest BCUT2D eigenvalue weighted by Gasteiger charge is -2.21. The number of carbonyl (C=O) groups excluding carboxylic acids is 1. The summed E-state index contributed by atoms with van der Waals surface area (Å²) in [6.45, 7) is 8.14. The van der Waals surface area contributed by atoms with Crippen molar-refractivity contribution in [3.8, 4) is 5.75 Å². The largest absolute Gasteiger partial charge is 0.479 e. The van der Waals surface area contributed by atoms with E-state index < -0.39 is 6.10 Å². The second kappa shape index (κ2) is 8.20. The predicted molar refractivity (Wildman–Crippen MR) is 100 cm³/mol. The van der Waals surface area contributed by atoms with Crippen LogP contribution in [0.5, 0.6) is 5.75 Å². The van der Waals surface area contributed by atoms with Gasteiger partial charge in [0.2, 0.25) is 0 Å². The van der Waals surface area contributed by atoms with Crippen LogP contribution >= 0.6 is 11.6 Å². The number of para-hydroxylation sites is 2. The highest BCUT2D eigenvalue weighted by atomic mass is 35.5. The Morgan fingerprint density at radius 1 is 1.17 bits per heavy atom. The number of carbonyl (C=O) groups is 1. The monoisotopic (exact) mass is 345 g/mol. The van der Waals surface area contributed by atoms with Gasteiger partial charge in [-0.15, -0.1) is 0 Å². The lowest BCUT2D eigenvalue weighted by atomic mass is 9.98. The summed E-state index contributed by atoms with van der Waals surface area (Å²) in [6, 6.07) is 13.2. The molecule has 4 heteroatoms. The second-order valence-corrected chi connectivity index (χ2v) is 6.54. The third-order valence-electron chi connectivity index (χ3n) is 3.94. The summed E-state index contributed by atoms with van der Waals surface area (Å²) in [7, 11) is 0. The first-order valence-corrected chi connectivity index (χ1v) is 8.63. The number of halogens is 1. The minimum absolute atomic E-state index is 0.159. The van der Waals surface area contributed by atoms with Gasteiger partial charge in [-0.3, -0.25) is 4.79 Å². The Morgan fingerprint density at radius 2 is 1.88 bits per heavy atom. The summed E-state index contributed by atoms with van der Waals surface area (Å²) in [4.78, 5) is 12.7. The van der Waals surface area contributed by atoms with Gasteiger partial charge < -0.3 is 10.1 Å². The molecule has 0 saturated heterocycles. The highest BCUT2D eigenvalue weighted by molar-refractivity contribution is 6.32. The van der Waals surface area contributed by atoms with Crippen molar-refractivity contribution in [2.24, 2.45) is 0 Å². The summed E-state index contributed by atoms with van der Waals surface area (Å²) < 4.78 is 5.82. The Morgan fingerprint density at radius 3 is 2.50 bits per heavy atom. The fraction of sp³-hybridized carbons (Fsp3) is 0.350. The molecule has 0 aliphatic heterocycles. The van der Waals surface area contributed by atoms with Crippen LogP contribution in [0.2, 0.25) is 5.02 Å². The van der Waals surface area contributed by atoms with Crippen molar-refractivity contribution < 1.29 is 9.53 Å². The van der Waals surface area contributed by atoms with Crippen LogP contribution < -0.4 is 10.1 Å². The van der Waals surface area contributed by atoms with Crippen LogP contribution in [0.3, 0.4) is 0 Å². The van der Waals surface area contributed by atoms with Crippen LogP contribution in [0.1, 0.15) is 44.2 Å². The van der Waals surface area contributed by atoms with Crippen LogP contribution in [0.15, 0.2) is 42.5 Å². The molecule has 1 N–H and O–H groups in total. The minimum atomic E-state index is -0.593. The van der Waals surface area contributed by atoms with Crippen molar-refractivity contribution in [3.05, 3.63) is 58.6 Å². The smallest absolute Gasteiger partial charge is 0.265 e. The van der Waals surface area contributed by atoms with Crippen LogP contribution in [0, 0.1) is 6.92 Å². The molecule has 1 amide bonds. The molecule has 0 unspecified atom stereocenters. The van der Waals surface area contributed by atoms with Crippen molar-refractivity contribution in [1.29, 1.82) is 0 Å². The van der Waals surface area contributed by atoms with Crippen molar-refractivity contribution in [2.75, 3.05) is 5.32 Å². The topological polar surface area (TPSA) is 38.3 Å². The molecule has 0 aromatic heterocycles. The summed E-state index contributed by atoms with van der Waals surface area (Å²) in [5.74, 6) is 0.688. The van der Waals surface area contributed by atoms with E-state index in [9.17, 15) is 4.79 Å². The maximum atomic E-state index is 12.7. The van der Waals surface area contributed by atoms with E-state index in [0.29, 0.717) is 23.1 Å². The first-order chi connectivity index (χ1) is 11.4. The number of benzene rings is 2. The normalized spacial score (nSPS) is 12.1. The zero-order valence-electron chi connectivity index (χ0n) is 14.6. The lowest BCUT2D eigenvalue weighted by Crippen LogP contribution is -2.33. The quantitative estimate of drug-likeness (QED) is 0.743. The van der Waals surface area contributed by atoms with Gasteiger partial charge in [0.25, 0.3) is 5.91 Å². The van der Waals surface area contributed by atoms with Gasteiger partial charge in [-0.2, -0.15) is 0 Å². The number of hydrogen-bond acceptors (Lipinski definition) is 2. The average Bonchev–Trinajstić information content (AvgIpc) is 2.55. The third-order valence-corrected chi connectivity index (χ3v) is 4.26. The number of hydrogen-bond donors (Lipinski definition) is 1. The number of nitrogens with one attached hydrogen (secondary N) is 1. The van der Waals surface area contributed by atoms with Crippen LogP contribution in [-0.4, -0.2) is 12.0 Å². The van der Waals surface area contributed by atoms with E-state index in [0.717, 1.165) is 16.8 Å². The fourth-order valence-corrected chi connectivity index (χ4v) is 2.74. The SMILES string of the molecule is CC[C@H](Oc1ccccc1Cl)C(=O)Nc1c(C)cccc1C(C)C. The van der Waals surface area contributed by atoms with Gasteiger partial charge in [-0.05, 0) is 42.5 Å². The van der Waals surface area contributed by atoms with Gasteiger partial charge in [0, 0.05) is 5.69 Å². The lowest BCUT2D eigenvalue weighted by molar-refractivity contribution is -0.122. The van der Waals surface area contributed by atoms with Crippen molar-refractivity contribution >= 4 is 23.2 Å². The Bertz CT molecular complexity index is 713. The van der Waals surface area contributed by atoms with E-state index in [1.54, 1.807) is 12.1 Å². The Kier molecular flexibility index (Phi) is 6.27. The van der Waals surface area contributed by atoms with Gasteiger partial charge in [0.05, 0.1) is 5.02 Å². The van der Waals surface area contributed by atoms with Gasteiger partial charge in [0.15, 0.2) is 6.10 Å². The standard InChI is InChI=1S/C20H24ClNO2/c1-5-17(24-18-12-7-6-11-16(18)21)20(23)22-19-14(4)9-8-10-15(19)13(2)3/h6-13,17H,5H2,1-4H3,(H,22,23)/t17-/m0/s1. The summed E-state index contributed by atoms with van der Waals surface area (Å²) in [6.07, 6.45) is -0.0375. The molecule has 0 spiro atoms. The van der Waals surface area contributed by atoms with E-state index in [1.165, 1.54) is 0 Å². The molecule has 3 nitrogen and oxygen atoms in total. The van der Waals surface area contributed by atoms with Crippen LogP contribution in [0.25, 0.3) is 0 Å². The minimum Gasteiger partial charge on any atom is -0.479 e. The van der Waals surface area contributed by atoms with Crippen molar-refractivity contribution in [1.82, 2.24) is 0 Å². The maximum absolute atomic E-state index is 12.7. The van der Waals surface area contributed by atoms with E-state index >= 15 is 0 Å². The fourth-order valence-electron chi connectivity index (χ4n) is 2.56. The van der Waals surface area contributed by atoms with Crippen molar-refractivity contribution in [3.63, 3.8) is 0 Å². The Labute approximate surface area is 149 Å². The average molecular weight is 346 g/mol. The summed E-state index contributed by atoms with van der Waals surface area (Å²) >= 11 is 6.13. The van der Waals surface area contributed by atoms with Gasteiger partial charge in [-0.25, -0.2) is 0 Å². The predicted octanol–water partition coefficient (Wildman–Crippen LogP) is 5.57. The van der Waals surface area contributed by atoms with E-state index in [1.807, 2.05) is 44.2 Å². The van der Waals surface area contributed by atoms with Gasteiger partial charge >= 0.3 is 0 Å². The van der Waals surface area contributed by atoms with Crippen molar-refractivity contribution in [2.45, 2.75) is 46.1 Å². The molecule has 0 aliphatic rings. The molecule has 128 valence electrons. The third kappa shape index (κ3) is 4.30. The summed E-state index contributed by atoms with van der Waals surface area (Å²) in [5.41, 5.74) is 3.04. The number of aryl methyl sites for hydroxylation is 1. The first kappa shape index (κ1) is 18.3. The Balaban J connectivity index is 2.20. The van der Waals surface area contributed by atoms with Gasteiger partial charge in [0.1, 0.15) is 5.75 Å². The molecule has 2 aromatic carbocycles. The molecule has 0 radical (unpaired) electrons. The molecule has 1 atom stereocenters. The van der Waals surface area contributed by atoms with E-state index in [2.05, 4.69) is 19.2 Å². The molecular formula is C20H24ClNO2. The number of ether oxygens (including phenoxy) is 1. The van der Waals surface area contributed by atoms with E-state index in [-0.39, 0.29) is 5.91 Å². The molecular weight excluding hydrogens is 322 g/mol. The highest BCUT2D eigenvalue weighted by Gasteiger charge is 2.21. The molecule has 2 aromatic rings. The van der Waals surface area contributed by atoms with Crippen LogP contribution in [-0.2, 0) is 4.79 Å². The maximum Gasteiger partial charge on any atom is 0.265 e.